The molecule has 1 fully saturated rings. The van der Waals surface area contributed by atoms with Gasteiger partial charge in [0, 0.05) is 19.8 Å². The lowest BCUT2D eigenvalue weighted by atomic mass is 9.94. The summed E-state index contributed by atoms with van der Waals surface area (Å²) in [7, 11) is 0. The predicted octanol–water partition coefficient (Wildman–Crippen LogP) is 2.72. The number of hydrogen-bond donors (Lipinski definition) is 2. The highest BCUT2D eigenvalue weighted by molar-refractivity contribution is 4.74. The Kier molecular flexibility index (Phi) is 7.87. The number of rotatable bonds is 9. The van der Waals surface area contributed by atoms with Crippen molar-refractivity contribution in [3.63, 3.8) is 0 Å². The van der Waals surface area contributed by atoms with E-state index in [9.17, 15) is 5.11 Å². The highest BCUT2D eigenvalue weighted by Gasteiger charge is 2.18. The van der Waals surface area contributed by atoms with Crippen LogP contribution in [0.3, 0.4) is 0 Å². The van der Waals surface area contributed by atoms with Crippen molar-refractivity contribution in [3.8, 4) is 0 Å². The fraction of sp³-hybridized carbons (Fsp3) is 1.00. The summed E-state index contributed by atoms with van der Waals surface area (Å²) in [5, 5.41) is 13.4. The molecule has 1 heterocycles. The fourth-order valence-corrected chi connectivity index (χ4v) is 2.70. The van der Waals surface area contributed by atoms with Gasteiger partial charge in [0.15, 0.2) is 0 Å². The van der Waals surface area contributed by atoms with Crippen LogP contribution < -0.4 is 5.32 Å². The molecule has 3 nitrogen and oxygen atoms in total. The van der Waals surface area contributed by atoms with Gasteiger partial charge in [0.25, 0.3) is 0 Å². The van der Waals surface area contributed by atoms with Crippen molar-refractivity contribution in [3.05, 3.63) is 0 Å². The zero-order chi connectivity index (χ0) is 13.3. The number of aliphatic hydroxyl groups is 1. The second-order valence-corrected chi connectivity index (χ2v) is 5.98. The second-order valence-electron chi connectivity index (χ2n) is 5.98. The molecule has 0 bridgehead atoms. The molecule has 0 amide bonds. The summed E-state index contributed by atoms with van der Waals surface area (Å²) < 4.78 is 5.36. The smallest absolute Gasteiger partial charge is 0.0743 e. The number of unbranched alkanes of at least 4 members (excludes halogenated alkanes) is 1. The molecule has 108 valence electrons. The van der Waals surface area contributed by atoms with Gasteiger partial charge in [-0.05, 0) is 45.1 Å². The fourth-order valence-electron chi connectivity index (χ4n) is 2.70. The van der Waals surface area contributed by atoms with Crippen molar-refractivity contribution in [2.45, 2.75) is 64.4 Å². The third-order valence-electron chi connectivity index (χ3n) is 3.85. The van der Waals surface area contributed by atoms with Gasteiger partial charge in [0.05, 0.1) is 5.60 Å². The first kappa shape index (κ1) is 15.9. The molecule has 2 N–H and O–H groups in total. The Labute approximate surface area is 112 Å². The monoisotopic (exact) mass is 257 g/mol. The van der Waals surface area contributed by atoms with E-state index in [2.05, 4.69) is 12.2 Å². The normalized spacial score (nSPS) is 20.8. The molecule has 0 aromatic carbocycles. The first-order valence-corrected chi connectivity index (χ1v) is 7.65. The molecule has 0 aromatic rings. The van der Waals surface area contributed by atoms with E-state index in [1.165, 1.54) is 32.1 Å². The van der Waals surface area contributed by atoms with Crippen molar-refractivity contribution in [1.29, 1.82) is 0 Å². The van der Waals surface area contributed by atoms with Crippen LogP contribution >= 0.6 is 0 Å². The molecule has 1 rings (SSSR count). The number of hydrogen-bond acceptors (Lipinski definition) is 3. The van der Waals surface area contributed by atoms with Crippen LogP contribution in [-0.2, 0) is 4.74 Å². The molecule has 1 unspecified atom stereocenters. The minimum atomic E-state index is -0.532. The topological polar surface area (TPSA) is 41.5 Å². The summed E-state index contributed by atoms with van der Waals surface area (Å²) in [6, 6.07) is 0. The molecule has 0 saturated carbocycles. The summed E-state index contributed by atoms with van der Waals surface area (Å²) in [4.78, 5) is 0. The Morgan fingerprint density at radius 2 is 2.00 bits per heavy atom. The highest BCUT2D eigenvalue weighted by atomic mass is 16.5. The van der Waals surface area contributed by atoms with E-state index in [1.54, 1.807) is 0 Å². The first-order valence-electron chi connectivity index (χ1n) is 7.65. The average Bonchev–Trinajstić information content (AvgIpc) is 2.35. The Morgan fingerprint density at radius 1 is 1.28 bits per heavy atom. The maximum atomic E-state index is 10.00. The lowest BCUT2D eigenvalue weighted by molar-refractivity contribution is 0.0498. The lowest BCUT2D eigenvalue weighted by Gasteiger charge is -2.23. The molecule has 0 aliphatic carbocycles. The molecule has 1 atom stereocenters. The van der Waals surface area contributed by atoms with E-state index in [1.807, 2.05) is 6.92 Å². The lowest BCUT2D eigenvalue weighted by Crippen LogP contribution is -2.38. The quantitative estimate of drug-likeness (QED) is 0.624. The van der Waals surface area contributed by atoms with Crippen molar-refractivity contribution in [1.82, 2.24) is 5.32 Å². The minimum Gasteiger partial charge on any atom is -0.389 e. The van der Waals surface area contributed by atoms with Gasteiger partial charge in [-0.1, -0.05) is 26.2 Å². The number of ether oxygens (including phenoxy) is 1. The van der Waals surface area contributed by atoms with Crippen LogP contribution in [0.2, 0.25) is 0 Å². The summed E-state index contributed by atoms with van der Waals surface area (Å²) >= 11 is 0. The summed E-state index contributed by atoms with van der Waals surface area (Å²) in [6.07, 6.45) is 8.28. The van der Waals surface area contributed by atoms with Gasteiger partial charge in [-0.25, -0.2) is 0 Å². The Morgan fingerprint density at radius 3 is 2.67 bits per heavy atom. The molecule has 1 aliphatic heterocycles. The second kappa shape index (κ2) is 8.89. The third kappa shape index (κ3) is 7.34. The summed E-state index contributed by atoms with van der Waals surface area (Å²) in [5.74, 6) is 0.891. The first-order chi connectivity index (χ1) is 8.64. The van der Waals surface area contributed by atoms with Gasteiger partial charge in [0.2, 0.25) is 0 Å². The van der Waals surface area contributed by atoms with E-state index in [0.29, 0.717) is 0 Å². The van der Waals surface area contributed by atoms with E-state index >= 15 is 0 Å². The molecule has 1 aliphatic rings. The van der Waals surface area contributed by atoms with Crippen LogP contribution in [0.1, 0.15) is 58.8 Å². The molecular formula is C15H31NO2. The highest BCUT2D eigenvalue weighted by Crippen LogP contribution is 2.20. The van der Waals surface area contributed by atoms with Crippen LogP contribution in [0, 0.1) is 5.92 Å². The van der Waals surface area contributed by atoms with Gasteiger partial charge >= 0.3 is 0 Å². The Balaban J connectivity index is 1.92. The Bertz CT molecular complexity index is 201. The van der Waals surface area contributed by atoms with Crippen LogP contribution in [-0.4, -0.2) is 37.0 Å². The minimum absolute atomic E-state index is 0.532. The van der Waals surface area contributed by atoms with E-state index < -0.39 is 5.60 Å². The molecular weight excluding hydrogens is 226 g/mol. The molecule has 1 saturated heterocycles. The van der Waals surface area contributed by atoms with Crippen LogP contribution in [0.15, 0.2) is 0 Å². The standard InChI is InChI=1S/C15H31NO2/c1-3-9-15(2,17)13-16-10-5-4-6-14-7-11-18-12-8-14/h14,16-17H,3-13H2,1-2H3. The molecule has 0 spiro atoms. The van der Waals surface area contributed by atoms with E-state index in [4.69, 9.17) is 4.74 Å². The van der Waals surface area contributed by atoms with Gasteiger partial charge in [-0.3, -0.25) is 0 Å². The van der Waals surface area contributed by atoms with E-state index in [0.717, 1.165) is 45.1 Å². The van der Waals surface area contributed by atoms with Gasteiger partial charge in [0.1, 0.15) is 0 Å². The van der Waals surface area contributed by atoms with Gasteiger partial charge < -0.3 is 15.2 Å². The van der Waals surface area contributed by atoms with Gasteiger partial charge in [-0.2, -0.15) is 0 Å². The SMILES string of the molecule is CCCC(C)(O)CNCCCCC1CCOCC1. The largest absolute Gasteiger partial charge is 0.389 e. The van der Waals surface area contributed by atoms with Crippen molar-refractivity contribution < 1.29 is 9.84 Å². The van der Waals surface area contributed by atoms with Crippen molar-refractivity contribution >= 4 is 0 Å². The Hall–Kier alpha value is -0.120. The summed E-state index contributed by atoms with van der Waals surface area (Å²) in [5.41, 5.74) is -0.532. The number of nitrogens with one attached hydrogen (secondary N) is 1. The van der Waals surface area contributed by atoms with Crippen LogP contribution in [0.25, 0.3) is 0 Å². The zero-order valence-corrected chi connectivity index (χ0v) is 12.2. The molecule has 0 radical (unpaired) electrons. The van der Waals surface area contributed by atoms with E-state index in [-0.39, 0.29) is 0 Å². The van der Waals surface area contributed by atoms with Crippen molar-refractivity contribution in [2.75, 3.05) is 26.3 Å². The maximum absolute atomic E-state index is 10.00. The predicted molar refractivity (Wildman–Crippen MR) is 75.8 cm³/mol. The van der Waals surface area contributed by atoms with Crippen molar-refractivity contribution in [2.24, 2.45) is 5.92 Å². The average molecular weight is 257 g/mol. The molecule has 0 aromatic heterocycles. The van der Waals surface area contributed by atoms with Crippen LogP contribution in [0.5, 0.6) is 0 Å². The zero-order valence-electron chi connectivity index (χ0n) is 12.2. The molecule has 3 heteroatoms. The van der Waals surface area contributed by atoms with Crippen LogP contribution in [0.4, 0.5) is 0 Å². The summed E-state index contributed by atoms with van der Waals surface area (Å²) in [6.45, 7) is 7.71. The third-order valence-corrected chi connectivity index (χ3v) is 3.85. The maximum Gasteiger partial charge on any atom is 0.0743 e. The molecule has 18 heavy (non-hydrogen) atoms. The van der Waals surface area contributed by atoms with Gasteiger partial charge in [-0.15, -0.1) is 0 Å².